The van der Waals surface area contributed by atoms with Gasteiger partial charge in [-0.05, 0) is 44.4 Å². The SMILES string of the molecule is O=C(O)C1CC([N+](=O)[O-])CCC1CONC1CCC(NC(=O)C2CCC([N+](=O)[O-])CC2C(=O)O)CC1. The first kappa shape index (κ1) is 27.7. The van der Waals surface area contributed by atoms with Crippen molar-refractivity contribution in [1.82, 2.24) is 10.8 Å². The van der Waals surface area contributed by atoms with E-state index < -0.39 is 51.6 Å². The van der Waals surface area contributed by atoms with Gasteiger partial charge in [-0.15, -0.1) is 0 Å². The van der Waals surface area contributed by atoms with Crippen LogP contribution in [0.1, 0.15) is 64.2 Å². The molecule has 6 unspecified atom stereocenters. The third-order valence-electron chi connectivity index (χ3n) is 7.98. The fourth-order valence-corrected chi connectivity index (χ4v) is 5.77. The van der Waals surface area contributed by atoms with Gasteiger partial charge in [0.1, 0.15) is 0 Å². The summed E-state index contributed by atoms with van der Waals surface area (Å²) in [5.41, 5.74) is 2.96. The van der Waals surface area contributed by atoms with Gasteiger partial charge in [-0.25, -0.2) is 0 Å². The Labute approximate surface area is 207 Å². The highest BCUT2D eigenvalue weighted by atomic mass is 16.6. The Kier molecular flexibility index (Phi) is 9.54. The summed E-state index contributed by atoms with van der Waals surface area (Å²) in [6.07, 6.45) is 3.56. The number of nitrogens with zero attached hydrogens (tertiary/aromatic N) is 2. The molecule has 0 spiro atoms. The summed E-state index contributed by atoms with van der Waals surface area (Å²) < 4.78 is 0. The zero-order valence-corrected chi connectivity index (χ0v) is 20.0. The third-order valence-corrected chi connectivity index (χ3v) is 7.98. The highest BCUT2D eigenvalue weighted by Gasteiger charge is 2.44. The molecule has 3 aliphatic rings. The van der Waals surface area contributed by atoms with Crippen molar-refractivity contribution in [3.8, 4) is 0 Å². The quantitative estimate of drug-likeness (QED) is 0.240. The molecule has 0 aromatic carbocycles. The lowest BCUT2D eigenvalue weighted by Gasteiger charge is -2.34. The lowest BCUT2D eigenvalue weighted by atomic mass is 9.76. The predicted molar refractivity (Wildman–Crippen MR) is 122 cm³/mol. The summed E-state index contributed by atoms with van der Waals surface area (Å²) in [5.74, 6) is -5.61. The molecule has 3 aliphatic carbocycles. The summed E-state index contributed by atoms with van der Waals surface area (Å²) in [5, 5.41) is 43.9. The molecule has 0 bridgehead atoms. The number of amides is 1. The van der Waals surface area contributed by atoms with Crippen LogP contribution in [-0.2, 0) is 19.2 Å². The Bertz CT molecular complexity index is 847. The molecule has 36 heavy (non-hydrogen) atoms. The van der Waals surface area contributed by atoms with Crippen molar-refractivity contribution < 1.29 is 39.3 Å². The molecular weight excluding hydrogens is 480 g/mol. The van der Waals surface area contributed by atoms with Crippen LogP contribution in [0.5, 0.6) is 0 Å². The average Bonchev–Trinajstić information content (AvgIpc) is 2.84. The van der Waals surface area contributed by atoms with E-state index in [1.807, 2.05) is 0 Å². The summed E-state index contributed by atoms with van der Waals surface area (Å²) in [6, 6.07) is -1.91. The van der Waals surface area contributed by atoms with Crippen molar-refractivity contribution >= 4 is 17.8 Å². The summed E-state index contributed by atoms with van der Waals surface area (Å²) in [6.45, 7) is 0.140. The van der Waals surface area contributed by atoms with Crippen molar-refractivity contribution in [2.75, 3.05) is 6.61 Å². The van der Waals surface area contributed by atoms with Gasteiger partial charge in [-0.3, -0.25) is 34.6 Å². The Morgan fingerprint density at radius 2 is 1.28 bits per heavy atom. The minimum Gasteiger partial charge on any atom is -0.481 e. The molecule has 202 valence electrons. The maximum atomic E-state index is 12.8. The first-order valence-corrected chi connectivity index (χ1v) is 12.5. The molecule has 3 rings (SSSR count). The van der Waals surface area contributed by atoms with Crippen LogP contribution >= 0.6 is 0 Å². The summed E-state index contributed by atoms with van der Waals surface area (Å²) in [7, 11) is 0. The second-order valence-electron chi connectivity index (χ2n) is 10.2. The molecule has 14 heteroatoms. The van der Waals surface area contributed by atoms with E-state index in [0.717, 1.165) is 0 Å². The van der Waals surface area contributed by atoms with Crippen LogP contribution in [0, 0.1) is 43.9 Å². The molecule has 3 fully saturated rings. The highest BCUT2D eigenvalue weighted by Crippen LogP contribution is 2.34. The molecule has 6 atom stereocenters. The smallest absolute Gasteiger partial charge is 0.307 e. The topological polar surface area (TPSA) is 211 Å². The van der Waals surface area contributed by atoms with Gasteiger partial charge in [0.2, 0.25) is 18.0 Å². The molecule has 14 nitrogen and oxygen atoms in total. The van der Waals surface area contributed by atoms with Crippen molar-refractivity contribution in [2.45, 2.75) is 88.4 Å². The second-order valence-corrected chi connectivity index (χ2v) is 10.2. The first-order valence-electron chi connectivity index (χ1n) is 12.5. The van der Waals surface area contributed by atoms with Gasteiger partial charge in [0.15, 0.2) is 0 Å². The normalized spacial score (nSPS) is 34.9. The Hall–Kier alpha value is -2.87. The van der Waals surface area contributed by atoms with E-state index in [4.69, 9.17) is 4.84 Å². The van der Waals surface area contributed by atoms with Gasteiger partial charge in [0, 0.05) is 47.6 Å². The molecule has 0 aliphatic heterocycles. The van der Waals surface area contributed by atoms with Crippen LogP contribution in [0.15, 0.2) is 0 Å². The minimum atomic E-state index is -1.19. The summed E-state index contributed by atoms with van der Waals surface area (Å²) >= 11 is 0. The average molecular weight is 515 g/mol. The van der Waals surface area contributed by atoms with Crippen LogP contribution in [-0.4, -0.2) is 68.7 Å². The number of carboxylic acids is 2. The fourth-order valence-electron chi connectivity index (χ4n) is 5.77. The number of hydrogen-bond donors (Lipinski definition) is 4. The molecule has 4 N–H and O–H groups in total. The van der Waals surface area contributed by atoms with Crippen molar-refractivity contribution in [1.29, 1.82) is 0 Å². The second kappa shape index (κ2) is 12.4. The van der Waals surface area contributed by atoms with Crippen molar-refractivity contribution in [2.24, 2.45) is 23.7 Å². The van der Waals surface area contributed by atoms with E-state index in [0.29, 0.717) is 38.5 Å². The maximum Gasteiger partial charge on any atom is 0.307 e. The van der Waals surface area contributed by atoms with Gasteiger partial charge in [0.25, 0.3) is 0 Å². The molecule has 0 aromatic rings. The number of rotatable bonds is 10. The molecular formula is C22H34N4O10. The fraction of sp³-hybridized carbons (Fsp3) is 0.864. The van der Waals surface area contributed by atoms with E-state index in [-0.39, 0.29) is 56.2 Å². The van der Waals surface area contributed by atoms with Crippen LogP contribution in [0.2, 0.25) is 0 Å². The predicted octanol–water partition coefficient (Wildman–Crippen LogP) is 1.23. The standard InChI is InChI=1S/C22H34N4O10/c27-20(17-8-7-16(26(34)35)10-19(17)22(30)31)23-13-2-4-14(5-3-13)24-36-11-12-1-6-15(25(32)33)9-18(12)21(28)29/h12-19,24H,1-11H2,(H,23,27)(H,28,29)(H,30,31). The van der Waals surface area contributed by atoms with E-state index in [1.165, 1.54) is 0 Å². The Morgan fingerprint density at radius 1 is 0.750 bits per heavy atom. The number of carboxylic acid groups (broad SMARTS) is 2. The molecule has 3 saturated carbocycles. The lowest BCUT2D eigenvalue weighted by molar-refractivity contribution is -0.528. The Balaban J connectivity index is 1.39. The van der Waals surface area contributed by atoms with Gasteiger partial charge in [-0.1, -0.05) is 0 Å². The van der Waals surface area contributed by atoms with E-state index in [1.54, 1.807) is 0 Å². The van der Waals surface area contributed by atoms with Crippen LogP contribution < -0.4 is 10.8 Å². The molecule has 0 saturated heterocycles. The monoisotopic (exact) mass is 514 g/mol. The van der Waals surface area contributed by atoms with Crippen LogP contribution in [0.3, 0.4) is 0 Å². The van der Waals surface area contributed by atoms with Crippen molar-refractivity contribution in [3.05, 3.63) is 20.2 Å². The zero-order chi connectivity index (χ0) is 26.4. The van der Waals surface area contributed by atoms with Gasteiger partial charge in [-0.2, -0.15) is 5.48 Å². The first-order chi connectivity index (χ1) is 17.1. The largest absolute Gasteiger partial charge is 0.481 e. The number of hydrogen-bond acceptors (Lipinski definition) is 9. The third kappa shape index (κ3) is 7.09. The van der Waals surface area contributed by atoms with Gasteiger partial charge >= 0.3 is 11.9 Å². The number of carbonyl (C=O) groups is 3. The molecule has 0 aromatic heterocycles. The van der Waals surface area contributed by atoms with Gasteiger partial charge < -0.3 is 20.4 Å². The highest BCUT2D eigenvalue weighted by molar-refractivity contribution is 5.85. The lowest BCUT2D eigenvalue weighted by Crippen LogP contribution is -2.48. The number of hydroxylamine groups is 1. The minimum absolute atomic E-state index is 0.00107. The van der Waals surface area contributed by atoms with E-state index >= 15 is 0 Å². The van der Waals surface area contributed by atoms with Gasteiger partial charge in [0.05, 0.1) is 24.4 Å². The van der Waals surface area contributed by atoms with Crippen LogP contribution in [0.25, 0.3) is 0 Å². The van der Waals surface area contributed by atoms with E-state index in [9.17, 15) is 44.8 Å². The van der Waals surface area contributed by atoms with Crippen LogP contribution in [0.4, 0.5) is 0 Å². The molecule has 0 radical (unpaired) electrons. The van der Waals surface area contributed by atoms with Crippen molar-refractivity contribution in [3.63, 3.8) is 0 Å². The zero-order valence-electron chi connectivity index (χ0n) is 20.0. The Morgan fingerprint density at radius 3 is 1.83 bits per heavy atom. The summed E-state index contributed by atoms with van der Waals surface area (Å²) in [4.78, 5) is 62.7. The molecule has 0 heterocycles. The number of nitrogens with one attached hydrogen (secondary N) is 2. The number of nitro groups is 2. The maximum absolute atomic E-state index is 12.8. The van der Waals surface area contributed by atoms with E-state index in [2.05, 4.69) is 10.8 Å². The number of aliphatic carboxylic acids is 2. The number of carbonyl (C=O) groups excluding carboxylic acids is 1. The molecule has 1 amide bonds.